The Morgan fingerprint density at radius 2 is 2.00 bits per heavy atom. The molecule has 0 radical (unpaired) electrons. The highest BCUT2D eigenvalue weighted by molar-refractivity contribution is 7.98. The minimum Gasteiger partial charge on any atom is -0.221 e. The molecule has 2 nitrogen and oxygen atoms in total. The monoisotopic (exact) mass is 314 g/mol. The third-order valence-electron chi connectivity index (χ3n) is 3.10. The van der Waals surface area contributed by atoms with Crippen LogP contribution in [0.5, 0.6) is 0 Å². The van der Waals surface area contributed by atoms with Gasteiger partial charge >= 0.3 is 0 Å². The van der Waals surface area contributed by atoms with E-state index in [4.69, 9.17) is 11.6 Å². The van der Waals surface area contributed by atoms with Crippen molar-refractivity contribution < 1.29 is 0 Å². The van der Waals surface area contributed by atoms with Gasteiger partial charge in [0.1, 0.15) is 15.8 Å². The van der Waals surface area contributed by atoms with Gasteiger partial charge in [0.2, 0.25) is 0 Å². The molecule has 2 aromatic heterocycles. The lowest BCUT2D eigenvalue weighted by atomic mass is 10.2. The van der Waals surface area contributed by atoms with Gasteiger partial charge in [-0.15, -0.1) is 11.3 Å². The Hall–Kier alpha value is -0.320. The highest BCUT2D eigenvalue weighted by Gasteiger charge is 2.13. The molecule has 0 saturated carbocycles. The van der Waals surface area contributed by atoms with Crippen LogP contribution in [-0.4, -0.2) is 15.7 Å². The van der Waals surface area contributed by atoms with Gasteiger partial charge in [-0.2, -0.15) is 11.8 Å². The zero-order valence-corrected chi connectivity index (χ0v) is 14.2. The van der Waals surface area contributed by atoms with E-state index in [-0.39, 0.29) is 0 Å². The quantitative estimate of drug-likeness (QED) is 0.557. The van der Waals surface area contributed by atoms with Crippen molar-refractivity contribution in [1.82, 2.24) is 9.97 Å². The number of thioether (sulfide) groups is 1. The van der Waals surface area contributed by atoms with Crippen LogP contribution in [0.1, 0.15) is 36.5 Å². The maximum atomic E-state index is 6.29. The lowest BCUT2D eigenvalue weighted by molar-refractivity contribution is 0.632. The van der Waals surface area contributed by atoms with Crippen LogP contribution in [0.15, 0.2) is 0 Å². The summed E-state index contributed by atoms with van der Waals surface area (Å²) in [5.74, 6) is 3.60. The fourth-order valence-electron chi connectivity index (χ4n) is 1.79. The number of hydrogen-bond acceptors (Lipinski definition) is 4. The zero-order chi connectivity index (χ0) is 14.0. The van der Waals surface area contributed by atoms with E-state index in [0.717, 1.165) is 33.5 Å². The van der Waals surface area contributed by atoms with E-state index >= 15 is 0 Å². The van der Waals surface area contributed by atoms with Crippen LogP contribution in [0.4, 0.5) is 0 Å². The Kier molecular flexibility index (Phi) is 5.09. The molecule has 0 fully saturated rings. The van der Waals surface area contributed by atoms with Crippen molar-refractivity contribution >= 4 is 44.9 Å². The average molecular weight is 315 g/mol. The SMILES string of the molecule is Cc1sc2nc(CSCCC(C)C)nc(Cl)c2c1C. The second-order valence-corrected chi connectivity index (χ2v) is 7.80. The average Bonchev–Trinajstić information content (AvgIpc) is 2.61. The van der Waals surface area contributed by atoms with Gasteiger partial charge in [0.05, 0.1) is 11.1 Å². The first-order valence-corrected chi connectivity index (χ1v) is 8.83. The Labute approximate surface area is 128 Å². The van der Waals surface area contributed by atoms with Crippen LogP contribution in [0, 0.1) is 19.8 Å². The molecule has 0 aliphatic carbocycles. The molecular formula is C14H19ClN2S2. The van der Waals surface area contributed by atoms with E-state index in [2.05, 4.69) is 37.7 Å². The van der Waals surface area contributed by atoms with E-state index in [1.807, 2.05) is 11.8 Å². The smallest absolute Gasteiger partial charge is 0.141 e. The molecule has 0 spiro atoms. The van der Waals surface area contributed by atoms with Crippen molar-refractivity contribution in [1.29, 1.82) is 0 Å². The molecular weight excluding hydrogens is 296 g/mol. The van der Waals surface area contributed by atoms with Gasteiger partial charge in [0.15, 0.2) is 0 Å². The number of rotatable bonds is 5. The first-order chi connectivity index (χ1) is 8.99. The van der Waals surface area contributed by atoms with E-state index in [1.165, 1.54) is 16.9 Å². The summed E-state index contributed by atoms with van der Waals surface area (Å²) < 4.78 is 0. The molecule has 0 bridgehead atoms. The van der Waals surface area contributed by atoms with Gasteiger partial charge in [-0.05, 0) is 37.5 Å². The Morgan fingerprint density at radius 1 is 1.26 bits per heavy atom. The normalized spacial score (nSPS) is 11.7. The van der Waals surface area contributed by atoms with Gasteiger partial charge in [0.25, 0.3) is 0 Å². The van der Waals surface area contributed by atoms with Crippen molar-refractivity contribution in [3.8, 4) is 0 Å². The summed E-state index contributed by atoms with van der Waals surface area (Å²) in [6, 6.07) is 0. The summed E-state index contributed by atoms with van der Waals surface area (Å²) in [6.07, 6.45) is 1.23. The molecule has 2 aromatic rings. The highest BCUT2D eigenvalue weighted by atomic mass is 35.5. The number of hydrogen-bond donors (Lipinski definition) is 0. The predicted molar refractivity (Wildman–Crippen MR) is 87.5 cm³/mol. The molecule has 19 heavy (non-hydrogen) atoms. The number of thiophene rings is 1. The lowest BCUT2D eigenvalue weighted by Gasteiger charge is -2.04. The van der Waals surface area contributed by atoms with Gasteiger partial charge in [-0.25, -0.2) is 9.97 Å². The van der Waals surface area contributed by atoms with Crippen molar-refractivity contribution in [2.45, 2.75) is 39.9 Å². The number of nitrogens with zero attached hydrogens (tertiary/aromatic N) is 2. The molecule has 0 N–H and O–H groups in total. The first-order valence-electron chi connectivity index (χ1n) is 6.49. The summed E-state index contributed by atoms with van der Waals surface area (Å²) in [6.45, 7) is 8.68. The molecule has 2 heterocycles. The molecule has 0 aromatic carbocycles. The van der Waals surface area contributed by atoms with Crippen LogP contribution < -0.4 is 0 Å². The Bertz CT molecular complexity index is 578. The standard InChI is InChI=1S/C14H19ClN2S2/c1-8(2)5-6-18-7-11-16-13(15)12-9(3)10(4)19-14(12)17-11/h8H,5-7H2,1-4H3. The minimum absolute atomic E-state index is 0.603. The fourth-order valence-corrected chi connectivity index (χ4v) is 4.32. The van der Waals surface area contributed by atoms with E-state index in [1.54, 1.807) is 11.3 Å². The van der Waals surface area contributed by atoms with Crippen LogP contribution >= 0.6 is 34.7 Å². The summed E-state index contributed by atoms with van der Waals surface area (Å²) in [5, 5.41) is 1.63. The summed E-state index contributed by atoms with van der Waals surface area (Å²) in [4.78, 5) is 11.4. The molecule has 5 heteroatoms. The van der Waals surface area contributed by atoms with Gasteiger partial charge < -0.3 is 0 Å². The summed E-state index contributed by atoms with van der Waals surface area (Å²) >= 11 is 9.88. The molecule has 0 atom stereocenters. The summed E-state index contributed by atoms with van der Waals surface area (Å²) in [7, 11) is 0. The van der Waals surface area contributed by atoms with Gasteiger partial charge in [-0.3, -0.25) is 0 Å². The molecule has 0 saturated heterocycles. The lowest BCUT2D eigenvalue weighted by Crippen LogP contribution is -1.95. The Balaban J connectivity index is 2.13. The van der Waals surface area contributed by atoms with Crippen molar-refractivity contribution in [3.63, 3.8) is 0 Å². The molecule has 0 unspecified atom stereocenters. The topological polar surface area (TPSA) is 25.8 Å². The highest BCUT2D eigenvalue weighted by Crippen LogP contribution is 2.33. The summed E-state index contributed by atoms with van der Waals surface area (Å²) in [5.41, 5.74) is 1.21. The Morgan fingerprint density at radius 3 is 2.68 bits per heavy atom. The van der Waals surface area contributed by atoms with Crippen LogP contribution in [0.25, 0.3) is 10.2 Å². The number of aryl methyl sites for hydroxylation is 2. The molecule has 104 valence electrons. The van der Waals surface area contributed by atoms with E-state index < -0.39 is 0 Å². The predicted octanol–water partition coefficient (Wildman–Crippen LogP) is 5.24. The first kappa shape index (κ1) is 15.1. The number of fused-ring (bicyclic) bond motifs is 1. The van der Waals surface area contributed by atoms with Crippen LogP contribution in [-0.2, 0) is 5.75 Å². The number of halogens is 1. The molecule has 0 amide bonds. The third-order valence-corrected chi connectivity index (χ3v) is 5.46. The van der Waals surface area contributed by atoms with E-state index in [9.17, 15) is 0 Å². The maximum Gasteiger partial charge on any atom is 0.141 e. The second-order valence-electron chi connectivity index (χ2n) is 5.13. The maximum absolute atomic E-state index is 6.29. The van der Waals surface area contributed by atoms with Crippen LogP contribution in [0.3, 0.4) is 0 Å². The van der Waals surface area contributed by atoms with Crippen LogP contribution in [0.2, 0.25) is 5.15 Å². The fraction of sp³-hybridized carbons (Fsp3) is 0.571. The molecule has 0 aliphatic rings. The second kappa shape index (κ2) is 6.42. The van der Waals surface area contributed by atoms with Gasteiger partial charge in [0, 0.05) is 4.88 Å². The van der Waals surface area contributed by atoms with E-state index in [0.29, 0.717) is 5.15 Å². The van der Waals surface area contributed by atoms with Crippen molar-refractivity contribution in [2.75, 3.05) is 5.75 Å². The molecule has 0 aliphatic heterocycles. The molecule has 2 rings (SSSR count). The minimum atomic E-state index is 0.603. The zero-order valence-electron chi connectivity index (χ0n) is 11.8. The van der Waals surface area contributed by atoms with Gasteiger partial charge in [-0.1, -0.05) is 25.4 Å². The number of aromatic nitrogens is 2. The third kappa shape index (κ3) is 3.61. The van der Waals surface area contributed by atoms with Crippen molar-refractivity contribution in [3.05, 3.63) is 21.4 Å². The van der Waals surface area contributed by atoms with Crippen molar-refractivity contribution in [2.24, 2.45) is 5.92 Å². The largest absolute Gasteiger partial charge is 0.221 e.